The van der Waals surface area contributed by atoms with Crippen LogP contribution in [-0.4, -0.2) is 45.0 Å². The van der Waals surface area contributed by atoms with Crippen LogP contribution in [0.1, 0.15) is 63.9 Å². The second kappa shape index (κ2) is 20.3. The lowest BCUT2D eigenvalue weighted by atomic mass is 9.82. The summed E-state index contributed by atoms with van der Waals surface area (Å²) in [6, 6.07) is 30.3. The number of methoxy groups -OCH3 is 1. The van der Waals surface area contributed by atoms with E-state index < -0.39 is 0 Å². The predicted molar refractivity (Wildman–Crippen MR) is 198 cm³/mol. The molecule has 1 fully saturated rings. The minimum Gasteiger partial charge on any atom is -0.427 e. The Morgan fingerprint density at radius 3 is 1.44 bits per heavy atom. The third-order valence-corrected chi connectivity index (χ3v) is 9.10. The zero-order chi connectivity index (χ0) is 36.5. The van der Waals surface area contributed by atoms with Crippen molar-refractivity contribution in [3.8, 4) is 39.5 Å². The highest BCUT2D eigenvalue weighted by Crippen LogP contribution is 2.32. The summed E-state index contributed by atoms with van der Waals surface area (Å²) < 4.78 is 32.6. The normalized spacial score (nSPS) is 15.5. The molecule has 4 aromatic rings. The zero-order valence-electron chi connectivity index (χ0n) is 30.1. The Hall–Kier alpha value is -4.83. The van der Waals surface area contributed by atoms with E-state index in [4.69, 9.17) is 28.4 Å². The summed E-state index contributed by atoms with van der Waals surface area (Å²) in [7, 11) is 1.63. The molecule has 9 heteroatoms. The second-order valence-corrected chi connectivity index (χ2v) is 13.0. The molecular weight excluding hydrogens is 660 g/mol. The van der Waals surface area contributed by atoms with Crippen LogP contribution >= 0.6 is 0 Å². The molecule has 1 saturated carbocycles. The number of carbonyl (C=O) groups is 3. The van der Waals surface area contributed by atoms with E-state index in [1.807, 2.05) is 60.7 Å². The summed E-state index contributed by atoms with van der Waals surface area (Å²) in [6.07, 6.45) is 5.57. The fourth-order valence-electron chi connectivity index (χ4n) is 6.02. The third kappa shape index (κ3) is 11.9. The molecule has 0 saturated heterocycles. The van der Waals surface area contributed by atoms with Crippen LogP contribution in [-0.2, 0) is 35.2 Å². The van der Waals surface area contributed by atoms with Crippen LogP contribution < -0.4 is 14.2 Å². The first-order chi connectivity index (χ1) is 25.4. The lowest BCUT2D eigenvalue weighted by Crippen LogP contribution is -2.30. The molecule has 52 heavy (non-hydrogen) atoms. The van der Waals surface area contributed by atoms with Crippen molar-refractivity contribution in [3.05, 3.63) is 103 Å². The van der Waals surface area contributed by atoms with Crippen molar-refractivity contribution < 1.29 is 42.8 Å². The van der Waals surface area contributed by atoms with E-state index >= 15 is 0 Å². The van der Waals surface area contributed by atoms with E-state index in [-0.39, 0.29) is 36.5 Å². The van der Waals surface area contributed by atoms with E-state index in [1.54, 1.807) is 43.5 Å². The van der Waals surface area contributed by atoms with Gasteiger partial charge in [0.05, 0.1) is 31.7 Å². The summed E-state index contributed by atoms with van der Waals surface area (Å²) in [4.78, 5) is 37.9. The molecule has 274 valence electrons. The first-order valence-corrected chi connectivity index (χ1v) is 18.1. The van der Waals surface area contributed by atoms with Crippen LogP contribution in [0.3, 0.4) is 0 Å². The monoisotopic (exact) mass is 708 g/mol. The lowest BCUT2D eigenvalue weighted by molar-refractivity contribution is -0.145. The highest BCUT2D eigenvalue weighted by Gasteiger charge is 2.32. The van der Waals surface area contributed by atoms with Crippen molar-refractivity contribution in [1.29, 1.82) is 0 Å². The van der Waals surface area contributed by atoms with Crippen LogP contribution in [0.4, 0.5) is 0 Å². The number of unbranched alkanes of at least 4 members (excludes halogenated alkanes) is 2. The molecular formula is C43H48O9. The van der Waals surface area contributed by atoms with Crippen LogP contribution in [0.5, 0.6) is 17.2 Å². The molecule has 1 aliphatic rings. The molecule has 0 heterocycles. The summed E-state index contributed by atoms with van der Waals surface area (Å²) in [5, 5.41) is 0. The topological polar surface area (TPSA) is 107 Å². The number of rotatable bonds is 18. The van der Waals surface area contributed by atoms with Gasteiger partial charge in [-0.15, -0.1) is 0 Å². The first kappa shape index (κ1) is 38.4. The fourth-order valence-corrected chi connectivity index (χ4v) is 6.02. The minimum atomic E-state index is -0.284. The molecule has 0 aromatic heterocycles. The van der Waals surface area contributed by atoms with Gasteiger partial charge in [0.1, 0.15) is 24.0 Å². The van der Waals surface area contributed by atoms with Gasteiger partial charge in [-0.2, -0.15) is 0 Å². The van der Waals surface area contributed by atoms with Crippen LogP contribution in [0.2, 0.25) is 0 Å². The van der Waals surface area contributed by atoms with Crippen LogP contribution in [0.15, 0.2) is 97.1 Å². The maximum Gasteiger partial charge on any atom is 0.314 e. The van der Waals surface area contributed by atoms with E-state index in [9.17, 15) is 14.4 Å². The van der Waals surface area contributed by atoms with Gasteiger partial charge in [0.15, 0.2) is 0 Å². The van der Waals surface area contributed by atoms with Gasteiger partial charge >= 0.3 is 17.9 Å². The molecule has 0 aliphatic heterocycles. The molecule has 0 bridgehead atoms. The van der Waals surface area contributed by atoms with Gasteiger partial charge in [-0.25, -0.2) is 0 Å². The van der Waals surface area contributed by atoms with Crippen LogP contribution in [0.25, 0.3) is 22.3 Å². The summed E-state index contributed by atoms with van der Waals surface area (Å²) in [5.74, 6) is 0.179. The summed E-state index contributed by atoms with van der Waals surface area (Å²) in [5.41, 5.74) is 5.00. The largest absolute Gasteiger partial charge is 0.427 e. The average Bonchev–Trinajstić information content (AvgIpc) is 3.17. The molecule has 0 atom stereocenters. The van der Waals surface area contributed by atoms with Gasteiger partial charge in [0.25, 0.3) is 0 Å². The average molecular weight is 709 g/mol. The quantitative estimate of drug-likeness (QED) is 0.0433. The van der Waals surface area contributed by atoms with Crippen molar-refractivity contribution in [2.24, 2.45) is 11.8 Å². The summed E-state index contributed by atoms with van der Waals surface area (Å²) >= 11 is 0. The van der Waals surface area contributed by atoms with Gasteiger partial charge in [-0.05, 0) is 96.3 Å². The van der Waals surface area contributed by atoms with Crippen molar-refractivity contribution in [1.82, 2.24) is 0 Å². The number of esters is 3. The Morgan fingerprint density at radius 2 is 1.00 bits per heavy atom. The number of ether oxygens (including phenoxy) is 6. The zero-order valence-corrected chi connectivity index (χ0v) is 30.1. The molecule has 0 N–H and O–H groups in total. The third-order valence-electron chi connectivity index (χ3n) is 9.10. The second-order valence-electron chi connectivity index (χ2n) is 13.0. The molecule has 1 aliphatic carbocycles. The van der Waals surface area contributed by atoms with E-state index in [2.05, 4.69) is 6.92 Å². The van der Waals surface area contributed by atoms with Gasteiger partial charge in [0.2, 0.25) is 0 Å². The molecule has 0 amide bonds. The predicted octanol–water partition coefficient (Wildman–Crippen LogP) is 8.96. The van der Waals surface area contributed by atoms with Crippen LogP contribution in [0, 0.1) is 11.8 Å². The number of carbonyl (C=O) groups excluding carboxylic acids is 3. The van der Waals surface area contributed by atoms with Crippen molar-refractivity contribution in [2.75, 3.05) is 27.1 Å². The fraction of sp³-hybridized carbons (Fsp3) is 0.372. The highest BCUT2D eigenvalue weighted by atomic mass is 16.7. The van der Waals surface area contributed by atoms with Crippen molar-refractivity contribution >= 4 is 17.9 Å². The Bertz CT molecular complexity index is 1690. The van der Waals surface area contributed by atoms with Crippen molar-refractivity contribution in [2.45, 2.75) is 64.9 Å². The smallest absolute Gasteiger partial charge is 0.314 e. The van der Waals surface area contributed by atoms with Crippen molar-refractivity contribution in [3.63, 3.8) is 0 Å². The Labute approximate surface area is 306 Å². The molecule has 4 aromatic carbocycles. The van der Waals surface area contributed by atoms with Gasteiger partial charge in [-0.3, -0.25) is 14.4 Å². The number of benzene rings is 4. The molecule has 5 rings (SSSR count). The minimum absolute atomic E-state index is 0.217. The van der Waals surface area contributed by atoms with E-state index in [0.717, 1.165) is 47.1 Å². The van der Waals surface area contributed by atoms with Gasteiger partial charge in [0, 0.05) is 13.5 Å². The molecule has 9 nitrogen and oxygen atoms in total. The SMILES string of the molecule is CCCCCC(=O)Oc1ccc(-c2ccc(OC(=O)[C@H]3CC[C@H](C(=O)Oc4ccc(-c5ccc(COCOCCOC)cc5)cc4)CC3)cc2)cc1. The standard InChI is InChI=1S/C43H48O9/c1-3-4-5-6-41(44)50-38-21-15-34(16-22-38)35-19-25-40(26-20-35)52-43(46)37-13-11-36(12-14-37)42(45)51-39-23-17-33(18-24-39)32-9-7-31(8-10-32)29-49-30-48-28-27-47-2/h7-10,15-26,36-37H,3-6,11-14,27-30H2,1-2H3/t36-,37-. The lowest BCUT2D eigenvalue weighted by Gasteiger charge is -2.25. The summed E-state index contributed by atoms with van der Waals surface area (Å²) in [6.45, 7) is 3.80. The van der Waals surface area contributed by atoms with E-state index in [1.165, 1.54) is 0 Å². The Balaban J connectivity index is 1.02. The molecule has 0 unspecified atom stereocenters. The van der Waals surface area contributed by atoms with Gasteiger partial charge in [-0.1, -0.05) is 80.4 Å². The Kier molecular flexibility index (Phi) is 15.0. The van der Waals surface area contributed by atoms with E-state index in [0.29, 0.717) is 69.2 Å². The first-order valence-electron chi connectivity index (χ1n) is 18.1. The molecule has 0 radical (unpaired) electrons. The number of hydrogen-bond acceptors (Lipinski definition) is 9. The highest BCUT2D eigenvalue weighted by molar-refractivity contribution is 5.78. The Morgan fingerprint density at radius 1 is 0.558 bits per heavy atom. The molecule has 0 spiro atoms. The number of hydrogen-bond donors (Lipinski definition) is 0. The maximum absolute atomic E-state index is 13.0. The maximum atomic E-state index is 13.0. The van der Waals surface area contributed by atoms with Gasteiger partial charge < -0.3 is 28.4 Å².